The zero-order chi connectivity index (χ0) is 15.0. The SMILES string of the molecule is Cc1ccc(NC(=O)c2cc3sccc3s2)cc1C(=O)O. The van der Waals surface area contributed by atoms with Crippen LogP contribution in [0, 0.1) is 6.92 Å². The molecule has 3 rings (SSSR count). The van der Waals surface area contributed by atoms with Gasteiger partial charge in [0, 0.05) is 15.1 Å². The average molecular weight is 317 g/mol. The van der Waals surface area contributed by atoms with Crippen LogP contribution in [0.1, 0.15) is 25.6 Å². The van der Waals surface area contributed by atoms with Crippen LogP contribution in [0.4, 0.5) is 5.69 Å². The van der Waals surface area contributed by atoms with Crippen molar-refractivity contribution in [2.45, 2.75) is 6.92 Å². The van der Waals surface area contributed by atoms with Crippen molar-refractivity contribution in [3.05, 3.63) is 51.7 Å². The molecule has 1 amide bonds. The lowest BCUT2D eigenvalue weighted by Crippen LogP contribution is -2.11. The van der Waals surface area contributed by atoms with E-state index < -0.39 is 5.97 Å². The Bertz CT molecular complexity index is 819. The van der Waals surface area contributed by atoms with Gasteiger partial charge in [0.25, 0.3) is 5.91 Å². The summed E-state index contributed by atoms with van der Waals surface area (Å²) in [6.45, 7) is 1.72. The number of aryl methyl sites for hydroxylation is 1. The lowest BCUT2D eigenvalue weighted by Gasteiger charge is -2.06. The van der Waals surface area contributed by atoms with Crippen LogP contribution in [0.2, 0.25) is 0 Å². The number of amides is 1. The number of carboxylic acids is 1. The van der Waals surface area contributed by atoms with Crippen molar-refractivity contribution in [1.29, 1.82) is 0 Å². The quantitative estimate of drug-likeness (QED) is 0.760. The number of nitrogens with one attached hydrogen (secondary N) is 1. The highest BCUT2D eigenvalue weighted by molar-refractivity contribution is 7.27. The van der Waals surface area contributed by atoms with Gasteiger partial charge in [0.1, 0.15) is 0 Å². The number of hydrogen-bond acceptors (Lipinski definition) is 4. The minimum Gasteiger partial charge on any atom is -0.478 e. The Labute approximate surface area is 128 Å². The largest absolute Gasteiger partial charge is 0.478 e. The molecule has 0 spiro atoms. The van der Waals surface area contributed by atoms with Gasteiger partial charge in [-0.2, -0.15) is 0 Å². The van der Waals surface area contributed by atoms with Crippen molar-refractivity contribution in [2.24, 2.45) is 0 Å². The monoisotopic (exact) mass is 317 g/mol. The van der Waals surface area contributed by atoms with Crippen LogP contribution in [0.25, 0.3) is 9.40 Å². The molecule has 0 bridgehead atoms. The second kappa shape index (κ2) is 5.31. The predicted molar refractivity (Wildman–Crippen MR) is 85.8 cm³/mol. The minimum absolute atomic E-state index is 0.194. The summed E-state index contributed by atoms with van der Waals surface area (Å²) < 4.78 is 2.17. The molecule has 106 valence electrons. The van der Waals surface area contributed by atoms with E-state index >= 15 is 0 Å². The zero-order valence-corrected chi connectivity index (χ0v) is 12.7. The third-order valence-corrected chi connectivity index (χ3v) is 5.18. The normalized spacial score (nSPS) is 10.7. The van der Waals surface area contributed by atoms with E-state index in [9.17, 15) is 9.59 Å². The third-order valence-electron chi connectivity index (χ3n) is 3.09. The smallest absolute Gasteiger partial charge is 0.336 e. The number of hydrogen-bond donors (Lipinski definition) is 2. The van der Waals surface area contributed by atoms with Crippen molar-refractivity contribution >= 4 is 49.6 Å². The number of anilines is 1. The molecule has 0 unspecified atom stereocenters. The van der Waals surface area contributed by atoms with Gasteiger partial charge in [0.05, 0.1) is 10.4 Å². The lowest BCUT2D eigenvalue weighted by molar-refractivity contribution is 0.0695. The molecule has 2 aromatic heterocycles. The van der Waals surface area contributed by atoms with Crippen molar-refractivity contribution < 1.29 is 14.7 Å². The molecule has 0 saturated carbocycles. The molecule has 2 N–H and O–H groups in total. The van der Waals surface area contributed by atoms with Gasteiger partial charge < -0.3 is 10.4 Å². The second-order valence-corrected chi connectivity index (χ2v) is 6.58. The molecule has 3 aromatic rings. The summed E-state index contributed by atoms with van der Waals surface area (Å²) in [7, 11) is 0. The Morgan fingerprint density at radius 3 is 2.67 bits per heavy atom. The number of rotatable bonds is 3. The van der Waals surface area contributed by atoms with Crippen LogP contribution < -0.4 is 5.32 Å². The molecule has 0 aliphatic carbocycles. The first-order valence-electron chi connectivity index (χ1n) is 6.17. The first-order chi connectivity index (χ1) is 10.0. The van der Waals surface area contributed by atoms with E-state index in [1.807, 2.05) is 17.5 Å². The van der Waals surface area contributed by atoms with Crippen molar-refractivity contribution in [3.8, 4) is 0 Å². The Hall–Kier alpha value is -2.18. The molecular formula is C15H11NO3S2. The van der Waals surface area contributed by atoms with Crippen molar-refractivity contribution in [2.75, 3.05) is 5.32 Å². The molecule has 0 radical (unpaired) electrons. The molecule has 0 aliphatic rings. The van der Waals surface area contributed by atoms with Crippen molar-refractivity contribution in [3.63, 3.8) is 0 Å². The molecule has 21 heavy (non-hydrogen) atoms. The van der Waals surface area contributed by atoms with Gasteiger partial charge in [-0.3, -0.25) is 4.79 Å². The Morgan fingerprint density at radius 1 is 1.14 bits per heavy atom. The van der Waals surface area contributed by atoms with Gasteiger partial charge in [0.15, 0.2) is 0 Å². The highest BCUT2D eigenvalue weighted by Crippen LogP contribution is 2.30. The Kier molecular flexibility index (Phi) is 3.48. The summed E-state index contributed by atoms with van der Waals surface area (Å²) in [6, 6.07) is 8.70. The fourth-order valence-corrected chi connectivity index (χ4v) is 4.00. The summed E-state index contributed by atoms with van der Waals surface area (Å²) in [6.07, 6.45) is 0. The third kappa shape index (κ3) is 2.68. The Balaban J connectivity index is 1.86. The highest BCUT2D eigenvalue weighted by atomic mass is 32.1. The molecule has 0 aliphatic heterocycles. The zero-order valence-electron chi connectivity index (χ0n) is 11.0. The maximum Gasteiger partial charge on any atom is 0.336 e. The maximum absolute atomic E-state index is 12.2. The van der Waals surface area contributed by atoms with Gasteiger partial charge in [-0.15, -0.1) is 22.7 Å². The van der Waals surface area contributed by atoms with E-state index in [1.165, 1.54) is 17.4 Å². The minimum atomic E-state index is -1.000. The van der Waals surface area contributed by atoms with Crippen LogP contribution >= 0.6 is 22.7 Å². The number of carbonyl (C=O) groups is 2. The fourth-order valence-electron chi connectivity index (χ4n) is 2.00. The van der Waals surface area contributed by atoms with Gasteiger partial charge in [0.2, 0.25) is 0 Å². The first kappa shape index (κ1) is 13.8. The van der Waals surface area contributed by atoms with Crippen molar-refractivity contribution in [1.82, 2.24) is 0 Å². The molecule has 1 aromatic carbocycles. The summed E-state index contributed by atoms with van der Waals surface area (Å²) in [4.78, 5) is 23.9. The second-order valence-electron chi connectivity index (χ2n) is 4.55. The number of fused-ring (bicyclic) bond motifs is 1. The number of thiophene rings is 2. The number of carboxylic acid groups (broad SMARTS) is 1. The maximum atomic E-state index is 12.2. The van der Waals surface area contributed by atoms with Crippen LogP contribution in [0.3, 0.4) is 0 Å². The Morgan fingerprint density at radius 2 is 1.95 bits per heavy atom. The van der Waals surface area contributed by atoms with Gasteiger partial charge in [-0.1, -0.05) is 6.07 Å². The van der Waals surface area contributed by atoms with E-state index in [1.54, 1.807) is 30.4 Å². The van der Waals surface area contributed by atoms with E-state index in [-0.39, 0.29) is 11.5 Å². The van der Waals surface area contributed by atoms with Gasteiger partial charge in [-0.25, -0.2) is 4.79 Å². The fraction of sp³-hybridized carbons (Fsp3) is 0.0667. The lowest BCUT2D eigenvalue weighted by atomic mass is 10.1. The topological polar surface area (TPSA) is 66.4 Å². The summed E-state index contributed by atoms with van der Waals surface area (Å²) >= 11 is 3.02. The van der Waals surface area contributed by atoms with Gasteiger partial charge in [-0.05, 0) is 42.1 Å². The molecule has 0 saturated heterocycles. The van der Waals surface area contributed by atoms with Crippen LogP contribution in [-0.4, -0.2) is 17.0 Å². The van der Waals surface area contributed by atoms with E-state index in [4.69, 9.17) is 5.11 Å². The van der Waals surface area contributed by atoms with Crippen LogP contribution in [0.15, 0.2) is 35.7 Å². The number of carbonyl (C=O) groups excluding carboxylic acids is 1. The average Bonchev–Trinajstić information content (AvgIpc) is 3.01. The first-order valence-corrected chi connectivity index (χ1v) is 7.86. The number of benzene rings is 1. The highest BCUT2D eigenvalue weighted by Gasteiger charge is 2.13. The predicted octanol–water partition coefficient (Wildman–Crippen LogP) is 4.22. The molecule has 0 fully saturated rings. The van der Waals surface area contributed by atoms with E-state index in [0.29, 0.717) is 16.1 Å². The number of aromatic carboxylic acids is 1. The standard InChI is InChI=1S/C15H11NO3S2/c1-8-2-3-9(6-10(8)15(18)19)16-14(17)13-7-12-11(21-13)4-5-20-12/h2-7H,1H3,(H,16,17)(H,18,19). The summed E-state index contributed by atoms with van der Waals surface area (Å²) in [5.74, 6) is -1.22. The van der Waals surface area contributed by atoms with Gasteiger partial charge >= 0.3 is 5.97 Å². The van der Waals surface area contributed by atoms with E-state index in [2.05, 4.69) is 5.32 Å². The van der Waals surface area contributed by atoms with Crippen LogP contribution in [-0.2, 0) is 0 Å². The summed E-state index contributed by atoms with van der Waals surface area (Å²) in [5.41, 5.74) is 1.34. The molecule has 4 nitrogen and oxygen atoms in total. The van der Waals surface area contributed by atoms with Crippen LogP contribution in [0.5, 0.6) is 0 Å². The molecular weight excluding hydrogens is 306 g/mol. The molecule has 2 heterocycles. The van der Waals surface area contributed by atoms with E-state index in [0.717, 1.165) is 9.40 Å². The summed E-state index contributed by atoms with van der Waals surface area (Å²) in [5, 5.41) is 13.8. The molecule has 6 heteroatoms. The molecule has 0 atom stereocenters.